The van der Waals surface area contributed by atoms with Crippen LogP contribution in [0.1, 0.15) is 46.5 Å². The van der Waals surface area contributed by atoms with E-state index in [1.807, 2.05) is 20.8 Å². The molecule has 3 N–H and O–H groups in total. The average Bonchev–Trinajstić information content (AvgIpc) is 2.41. The Balaban J connectivity index is 1.44. The number of ether oxygens (including phenoxy) is 1. The van der Waals surface area contributed by atoms with Crippen LogP contribution in [0.25, 0.3) is 0 Å². The first-order valence-electron chi connectivity index (χ1n) is 8.74. The molecule has 3 rings (SSSR count). The lowest BCUT2D eigenvalue weighted by Crippen LogP contribution is -2.58. The fourth-order valence-electron chi connectivity index (χ4n) is 3.85. The van der Waals surface area contributed by atoms with E-state index >= 15 is 0 Å². The second-order valence-electron chi connectivity index (χ2n) is 8.41. The lowest BCUT2D eigenvalue weighted by atomic mass is 9.50. The van der Waals surface area contributed by atoms with E-state index in [1.54, 1.807) is 0 Å². The normalized spacial score (nSPS) is 27.2. The number of rotatable bonds is 3. The lowest BCUT2D eigenvalue weighted by molar-refractivity contribution is -0.133. The van der Waals surface area contributed by atoms with Crippen LogP contribution in [0.5, 0.6) is 0 Å². The van der Waals surface area contributed by atoms with Crippen molar-refractivity contribution in [2.75, 3.05) is 5.32 Å². The largest absolute Gasteiger partial charge is 0.444 e. The van der Waals surface area contributed by atoms with Crippen LogP contribution < -0.4 is 16.2 Å². The Kier molecular flexibility index (Phi) is 4.77. The molecule has 1 aromatic rings. The Labute approximate surface area is 156 Å². The van der Waals surface area contributed by atoms with E-state index in [0.29, 0.717) is 5.02 Å². The van der Waals surface area contributed by atoms with Crippen molar-refractivity contribution in [3.63, 3.8) is 0 Å². The zero-order chi connectivity index (χ0) is 19.1. The number of halogens is 1. The minimum Gasteiger partial charge on any atom is -0.444 e. The van der Waals surface area contributed by atoms with E-state index in [4.69, 9.17) is 16.3 Å². The fraction of sp³-hybridized carbons (Fsp3) is 0.611. The third-order valence-electron chi connectivity index (χ3n) is 4.94. The van der Waals surface area contributed by atoms with Crippen LogP contribution in [0, 0.1) is 11.3 Å². The summed E-state index contributed by atoms with van der Waals surface area (Å²) in [6, 6.07) is 1.54. The maximum Gasteiger partial charge on any atom is 0.407 e. The van der Waals surface area contributed by atoms with Gasteiger partial charge in [0, 0.05) is 18.2 Å². The van der Waals surface area contributed by atoms with Gasteiger partial charge in [-0.1, -0.05) is 11.6 Å². The molecule has 0 atom stereocenters. The van der Waals surface area contributed by atoms with Gasteiger partial charge in [-0.25, -0.2) is 4.79 Å². The molecule has 1 aromatic heterocycles. The SMILES string of the molecule is CC(C)(C)OC(=O)NC1CC2(C1)CC(C(=O)Nc1cc(Cl)c[nH]c1=O)C2. The number of hydrogen-bond donors (Lipinski definition) is 3. The van der Waals surface area contributed by atoms with Crippen molar-refractivity contribution in [2.24, 2.45) is 11.3 Å². The van der Waals surface area contributed by atoms with Crippen molar-refractivity contribution in [3.8, 4) is 0 Å². The van der Waals surface area contributed by atoms with Gasteiger partial charge in [-0.15, -0.1) is 0 Å². The summed E-state index contributed by atoms with van der Waals surface area (Å²) >= 11 is 5.84. The van der Waals surface area contributed by atoms with Gasteiger partial charge < -0.3 is 20.4 Å². The first-order valence-corrected chi connectivity index (χ1v) is 9.12. The van der Waals surface area contributed by atoms with Gasteiger partial charge in [-0.2, -0.15) is 0 Å². The van der Waals surface area contributed by atoms with Gasteiger partial charge in [0.2, 0.25) is 5.91 Å². The van der Waals surface area contributed by atoms with E-state index in [-0.39, 0.29) is 34.5 Å². The highest BCUT2D eigenvalue weighted by Crippen LogP contribution is 2.58. The third-order valence-corrected chi connectivity index (χ3v) is 5.15. The Hall–Kier alpha value is -2.02. The van der Waals surface area contributed by atoms with E-state index in [0.717, 1.165) is 25.7 Å². The number of hydrogen-bond acceptors (Lipinski definition) is 4. The van der Waals surface area contributed by atoms with Crippen LogP contribution >= 0.6 is 11.6 Å². The number of H-pyrrole nitrogens is 1. The minimum absolute atomic E-state index is 0.102. The lowest BCUT2D eigenvalue weighted by Gasteiger charge is -2.57. The standard InChI is InChI=1S/C18H24ClN3O4/c1-17(2,3)26-16(25)21-12-7-18(8-12)5-10(6-18)14(23)22-13-4-11(19)9-20-15(13)24/h4,9-10,12H,5-8H2,1-3H3,(H,20,24)(H,21,25)(H,22,23). The molecule has 0 radical (unpaired) electrons. The highest BCUT2D eigenvalue weighted by Gasteiger charge is 2.55. The Morgan fingerprint density at radius 3 is 2.54 bits per heavy atom. The van der Waals surface area contributed by atoms with Gasteiger partial charge in [0.15, 0.2) is 0 Å². The second-order valence-corrected chi connectivity index (χ2v) is 8.84. The summed E-state index contributed by atoms with van der Waals surface area (Å²) in [5.74, 6) is -0.275. The molecule has 26 heavy (non-hydrogen) atoms. The monoisotopic (exact) mass is 381 g/mol. The topological polar surface area (TPSA) is 100 Å². The molecule has 8 heteroatoms. The predicted octanol–water partition coefficient (Wildman–Crippen LogP) is 3.05. The first-order chi connectivity index (χ1) is 12.1. The van der Waals surface area contributed by atoms with E-state index in [2.05, 4.69) is 15.6 Å². The van der Waals surface area contributed by atoms with E-state index < -0.39 is 11.7 Å². The minimum atomic E-state index is -0.511. The Bertz CT molecular complexity index is 769. The number of nitrogens with one attached hydrogen (secondary N) is 3. The molecule has 142 valence electrons. The highest BCUT2D eigenvalue weighted by molar-refractivity contribution is 6.30. The first kappa shape index (κ1) is 18.8. The van der Waals surface area contributed by atoms with Crippen molar-refractivity contribution in [2.45, 2.75) is 58.1 Å². The van der Waals surface area contributed by atoms with Crippen molar-refractivity contribution in [3.05, 3.63) is 27.6 Å². The second kappa shape index (κ2) is 6.61. The van der Waals surface area contributed by atoms with E-state index in [9.17, 15) is 14.4 Å². The summed E-state index contributed by atoms with van der Waals surface area (Å²) < 4.78 is 5.25. The van der Waals surface area contributed by atoms with Gasteiger partial charge in [0.25, 0.3) is 5.56 Å². The predicted molar refractivity (Wildman–Crippen MR) is 98.3 cm³/mol. The van der Waals surface area contributed by atoms with Gasteiger partial charge in [0.1, 0.15) is 11.3 Å². The number of aromatic amines is 1. The maximum atomic E-state index is 12.3. The molecule has 0 aromatic carbocycles. The molecule has 7 nitrogen and oxygen atoms in total. The molecule has 0 bridgehead atoms. The number of carbonyl (C=O) groups excluding carboxylic acids is 2. The molecule has 2 aliphatic rings. The number of alkyl carbamates (subject to hydrolysis) is 1. The molecule has 2 aliphatic carbocycles. The van der Waals surface area contributed by atoms with Crippen LogP contribution in [-0.4, -0.2) is 28.6 Å². The number of anilines is 1. The molecular formula is C18H24ClN3O4. The maximum absolute atomic E-state index is 12.3. The molecular weight excluding hydrogens is 358 g/mol. The number of amides is 2. The Morgan fingerprint density at radius 1 is 1.27 bits per heavy atom. The zero-order valence-corrected chi connectivity index (χ0v) is 15.9. The summed E-state index contributed by atoms with van der Waals surface area (Å²) in [7, 11) is 0. The molecule has 0 aliphatic heterocycles. The highest BCUT2D eigenvalue weighted by atomic mass is 35.5. The van der Waals surface area contributed by atoms with Gasteiger partial charge in [-0.3, -0.25) is 9.59 Å². The number of pyridine rings is 1. The molecule has 0 unspecified atom stereocenters. The fourth-order valence-corrected chi connectivity index (χ4v) is 4.01. The van der Waals surface area contributed by atoms with Crippen molar-refractivity contribution in [1.82, 2.24) is 10.3 Å². The summed E-state index contributed by atoms with van der Waals surface area (Å²) in [4.78, 5) is 38.2. The molecule has 2 amide bonds. The van der Waals surface area contributed by atoms with E-state index in [1.165, 1.54) is 12.3 Å². The van der Waals surface area contributed by atoms with Crippen LogP contribution in [0.15, 0.2) is 17.1 Å². The van der Waals surface area contributed by atoms with Crippen LogP contribution in [0.4, 0.5) is 10.5 Å². The molecule has 2 fully saturated rings. The quantitative estimate of drug-likeness (QED) is 0.749. The summed E-state index contributed by atoms with van der Waals surface area (Å²) in [5.41, 5.74) is -0.588. The summed E-state index contributed by atoms with van der Waals surface area (Å²) in [6.45, 7) is 5.49. The average molecular weight is 382 g/mol. The smallest absolute Gasteiger partial charge is 0.407 e. The Morgan fingerprint density at radius 2 is 1.92 bits per heavy atom. The summed E-state index contributed by atoms with van der Waals surface area (Å²) in [5, 5.41) is 5.88. The van der Waals surface area contributed by atoms with Gasteiger partial charge >= 0.3 is 6.09 Å². The van der Waals surface area contributed by atoms with Crippen molar-refractivity contribution >= 4 is 29.3 Å². The number of aromatic nitrogens is 1. The number of carbonyl (C=O) groups is 2. The van der Waals surface area contributed by atoms with Gasteiger partial charge in [0.05, 0.1) is 5.02 Å². The van der Waals surface area contributed by atoms with Crippen molar-refractivity contribution in [1.29, 1.82) is 0 Å². The van der Waals surface area contributed by atoms with Crippen LogP contribution in [0.2, 0.25) is 5.02 Å². The third kappa shape index (κ3) is 4.20. The van der Waals surface area contributed by atoms with Crippen molar-refractivity contribution < 1.29 is 14.3 Å². The van der Waals surface area contributed by atoms with Crippen LogP contribution in [-0.2, 0) is 9.53 Å². The molecule has 2 saturated carbocycles. The molecule has 1 spiro atoms. The molecule has 1 heterocycles. The zero-order valence-electron chi connectivity index (χ0n) is 15.1. The molecule has 0 saturated heterocycles. The summed E-state index contributed by atoms with van der Waals surface area (Å²) in [6.07, 6.45) is 4.23. The van der Waals surface area contributed by atoms with Gasteiger partial charge in [-0.05, 0) is 57.9 Å². The van der Waals surface area contributed by atoms with Crippen LogP contribution in [0.3, 0.4) is 0 Å².